The first-order valence-corrected chi connectivity index (χ1v) is 10.5. The molecule has 13 nitrogen and oxygen atoms in total. The third-order valence-corrected chi connectivity index (χ3v) is 4.36. The molecule has 0 radical (unpaired) electrons. The van der Waals surface area contributed by atoms with Crippen LogP contribution in [0.3, 0.4) is 0 Å². The van der Waals surface area contributed by atoms with Gasteiger partial charge in [0.15, 0.2) is 0 Å². The molecule has 1 aromatic heterocycles. The lowest BCUT2D eigenvalue weighted by molar-refractivity contribution is -0.861. The van der Waals surface area contributed by atoms with Gasteiger partial charge in [-0.25, -0.2) is 0 Å². The molecule has 0 bridgehead atoms. The Bertz CT molecular complexity index is 921. The molecule has 0 spiro atoms. The van der Waals surface area contributed by atoms with Crippen molar-refractivity contribution < 1.29 is 41.2 Å². The van der Waals surface area contributed by atoms with Crippen molar-refractivity contribution in [2.75, 3.05) is 31.1 Å². The fraction of sp³-hybridized carbons (Fsp3) is 0.500. The smallest absolute Gasteiger partial charge is 0.349 e. The number of hydrogen-bond donors (Lipinski definition) is 3. The summed E-state index contributed by atoms with van der Waals surface area (Å²) in [6, 6.07) is 1.06. The summed E-state index contributed by atoms with van der Waals surface area (Å²) in [5.41, 5.74) is -0.705. The van der Waals surface area contributed by atoms with E-state index in [1.54, 1.807) is 18.7 Å². The average Bonchev–Trinajstić information content (AvgIpc) is 3.21. The van der Waals surface area contributed by atoms with Crippen LogP contribution in [0.1, 0.15) is 47.8 Å². The first-order valence-electron chi connectivity index (χ1n) is 9.13. The summed E-state index contributed by atoms with van der Waals surface area (Å²) in [7, 11) is -5.26. The highest BCUT2D eigenvalue weighted by Crippen LogP contribution is 2.19. The molecule has 0 aliphatic carbocycles. The number of anilines is 1. The number of rotatable bonds is 9. The predicted octanol–water partition coefficient (Wildman–Crippen LogP) is -2.16. The van der Waals surface area contributed by atoms with Gasteiger partial charge in [0.25, 0.3) is 11.7 Å². The standard InChI is InChI=1S/C16H21N5O8S/c1-3-17-15(24)12(22)10-9-11(20-7-5-6-8-20)19-14(13(23)16(25)18-4-2)21(10)29-30(26,27)28/h9H,3-8H2,1-2H3,(H2-,17,18,24,25,26,27,28)/p+1. The van der Waals surface area contributed by atoms with E-state index >= 15 is 0 Å². The van der Waals surface area contributed by atoms with Crippen LogP contribution in [-0.2, 0) is 20.0 Å². The molecular weight excluding hydrogens is 422 g/mol. The summed E-state index contributed by atoms with van der Waals surface area (Å²) >= 11 is 0. The Kier molecular flexibility index (Phi) is 7.39. The molecule has 2 amide bonds. The van der Waals surface area contributed by atoms with Crippen molar-refractivity contribution in [1.29, 1.82) is 0 Å². The molecule has 2 rings (SSSR count). The van der Waals surface area contributed by atoms with E-state index in [-0.39, 0.29) is 23.6 Å². The van der Waals surface area contributed by atoms with Crippen molar-refractivity contribution in [3.8, 4) is 0 Å². The molecule has 0 atom stereocenters. The lowest BCUT2D eigenvalue weighted by Gasteiger charge is -2.14. The Hall–Kier alpha value is -3.13. The van der Waals surface area contributed by atoms with Crippen molar-refractivity contribution in [3.05, 3.63) is 17.6 Å². The Labute approximate surface area is 172 Å². The summed E-state index contributed by atoms with van der Waals surface area (Å²) in [5.74, 6) is -5.66. The van der Waals surface area contributed by atoms with Gasteiger partial charge in [0.1, 0.15) is 0 Å². The van der Waals surface area contributed by atoms with Gasteiger partial charge in [-0.05, 0) is 36.4 Å². The summed E-state index contributed by atoms with van der Waals surface area (Å²) in [5, 5.41) is 4.47. The normalized spacial score (nSPS) is 13.6. The molecule has 1 aliphatic heterocycles. The van der Waals surface area contributed by atoms with E-state index in [1.807, 2.05) is 0 Å². The second kappa shape index (κ2) is 9.58. The quantitative estimate of drug-likeness (QED) is 0.165. The number of carbonyl (C=O) groups is 4. The molecule has 3 N–H and O–H groups in total. The number of hydrogen-bond acceptors (Lipinski definition) is 9. The lowest BCUT2D eigenvalue weighted by atomic mass is 10.2. The van der Waals surface area contributed by atoms with Crippen LogP contribution in [0.5, 0.6) is 0 Å². The molecule has 0 saturated carbocycles. The predicted molar refractivity (Wildman–Crippen MR) is 100 cm³/mol. The molecule has 2 heterocycles. The Balaban J connectivity index is 2.74. The van der Waals surface area contributed by atoms with E-state index in [4.69, 9.17) is 4.55 Å². The van der Waals surface area contributed by atoms with Gasteiger partial charge in [0.2, 0.25) is 11.5 Å². The van der Waals surface area contributed by atoms with Gasteiger partial charge >= 0.3 is 27.9 Å². The molecule has 1 saturated heterocycles. The van der Waals surface area contributed by atoms with Crippen LogP contribution in [0.15, 0.2) is 6.07 Å². The maximum Gasteiger partial charge on any atom is 0.482 e. The number of ketones is 2. The summed E-state index contributed by atoms with van der Waals surface area (Å²) in [6.07, 6.45) is 1.61. The first-order chi connectivity index (χ1) is 14.1. The average molecular weight is 444 g/mol. The number of amides is 2. The van der Waals surface area contributed by atoms with E-state index in [9.17, 15) is 27.6 Å². The Morgan fingerprint density at radius 1 is 1.10 bits per heavy atom. The zero-order valence-corrected chi connectivity index (χ0v) is 17.2. The van der Waals surface area contributed by atoms with E-state index in [2.05, 4.69) is 19.9 Å². The Morgan fingerprint density at radius 3 is 2.13 bits per heavy atom. The molecule has 164 valence electrons. The summed E-state index contributed by atoms with van der Waals surface area (Å²) in [6.45, 7) is 4.34. The maximum absolute atomic E-state index is 12.6. The fourth-order valence-corrected chi connectivity index (χ4v) is 3.10. The van der Waals surface area contributed by atoms with E-state index < -0.39 is 45.3 Å². The SMILES string of the molecule is CCNC(=O)C(=O)c1cc(N2CCCC2)nc(C(=O)C(=O)NCC)[n+]1OS(=O)(=O)O. The molecule has 1 aliphatic rings. The van der Waals surface area contributed by atoms with Crippen LogP contribution < -0.4 is 24.5 Å². The zero-order chi connectivity index (χ0) is 22.5. The van der Waals surface area contributed by atoms with Crippen LogP contribution in [-0.4, -0.2) is 67.5 Å². The van der Waals surface area contributed by atoms with Gasteiger partial charge < -0.3 is 15.5 Å². The largest absolute Gasteiger partial charge is 0.482 e. The minimum absolute atomic E-state index is 0.0722. The lowest BCUT2D eigenvalue weighted by Crippen LogP contribution is -2.58. The van der Waals surface area contributed by atoms with Gasteiger partial charge in [-0.15, -0.1) is 0 Å². The van der Waals surface area contributed by atoms with Crippen molar-refractivity contribution in [3.63, 3.8) is 0 Å². The highest BCUT2D eigenvalue weighted by molar-refractivity contribution is 7.80. The zero-order valence-electron chi connectivity index (χ0n) is 16.4. The fourth-order valence-electron chi connectivity index (χ4n) is 2.76. The van der Waals surface area contributed by atoms with E-state index in [1.165, 1.54) is 0 Å². The third-order valence-electron chi connectivity index (χ3n) is 4.02. The van der Waals surface area contributed by atoms with Gasteiger partial charge in [-0.1, -0.05) is 0 Å². The third kappa shape index (κ3) is 5.48. The molecular formula is C16H22N5O8S+. The molecule has 14 heteroatoms. The van der Waals surface area contributed by atoms with E-state index in [0.717, 1.165) is 18.9 Å². The van der Waals surface area contributed by atoms with Gasteiger partial charge in [0, 0.05) is 26.2 Å². The first kappa shape index (κ1) is 23.2. The number of nitrogens with one attached hydrogen (secondary N) is 2. The monoisotopic (exact) mass is 444 g/mol. The molecule has 1 aromatic rings. The van der Waals surface area contributed by atoms with Gasteiger partial charge in [-0.3, -0.25) is 23.7 Å². The molecule has 1 fully saturated rings. The number of nitrogens with zero attached hydrogens (tertiary/aromatic N) is 3. The second-order valence-electron chi connectivity index (χ2n) is 6.19. The van der Waals surface area contributed by atoms with Crippen LogP contribution in [0.2, 0.25) is 0 Å². The Morgan fingerprint density at radius 2 is 1.63 bits per heavy atom. The molecule has 30 heavy (non-hydrogen) atoms. The minimum atomic E-state index is -5.26. The summed E-state index contributed by atoms with van der Waals surface area (Å²) < 4.78 is 36.2. The summed E-state index contributed by atoms with van der Waals surface area (Å²) in [4.78, 5) is 55.0. The van der Waals surface area contributed by atoms with Crippen molar-refractivity contribution in [1.82, 2.24) is 15.6 Å². The van der Waals surface area contributed by atoms with Crippen LogP contribution in [0, 0.1) is 0 Å². The van der Waals surface area contributed by atoms with Crippen molar-refractivity contribution in [2.24, 2.45) is 0 Å². The highest BCUT2D eigenvalue weighted by atomic mass is 32.3. The minimum Gasteiger partial charge on any atom is -0.349 e. The molecule has 0 unspecified atom stereocenters. The van der Waals surface area contributed by atoms with Crippen LogP contribution >= 0.6 is 0 Å². The topological polar surface area (TPSA) is 176 Å². The number of likely N-dealkylation sites (N-methyl/N-ethyl adjacent to an activating group) is 2. The van der Waals surface area contributed by atoms with Gasteiger partial charge in [0.05, 0.1) is 6.07 Å². The van der Waals surface area contributed by atoms with Crippen LogP contribution in [0.4, 0.5) is 5.82 Å². The van der Waals surface area contributed by atoms with Crippen molar-refractivity contribution in [2.45, 2.75) is 26.7 Å². The number of aromatic nitrogens is 2. The molecule has 0 aromatic carbocycles. The second-order valence-corrected chi connectivity index (χ2v) is 7.20. The van der Waals surface area contributed by atoms with E-state index in [0.29, 0.717) is 13.1 Å². The van der Waals surface area contributed by atoms with Crippen molar-refractivity contribution >= 4 is 39.6 Å². The highest BCUT2D eigenvalue weighted by Gasteiger charge is 2.40. The van der Waals surface area contributed by atoms with Gasteiger partial charge in [-0.2, -0.15) is 12.7 Å². The van der Waals surface area contributed by atoms with Crippen LogP contribution in [0.25, 0.3) is 0 Å². The maximum atomic E-state index is 12.6. The number of Topliss-reactive ketones (excluding diaryl/α,β-unsaturated/α-hetero) is 2. The number of carbonyl (C=O) groups excluding carboxylic acids is 4.